The molecule has 1 aliphatic heterocycles. The normalized spacial score (nSPS) is 13.9. The van der Waals surface area contributed by atoms with Crippen molar-refractivity contribution in [3.8, 4) is 17.2 Å². The number of allylic oxidation sites excluding steroid dienone is 1. The lowest BCUT2D eigenvalue weighted by molar-refractivity contribution is 0.101. The summed E-state index contributed by atoms with van der Waals surface area (Å²) in [6.45, 7) is 0.324. The van der Waals surface area contributed by atoms with Crippen LogP contribution < -0.4 is 14.2 Å². The maximum atomic E-state index is 12.7. The Morgan fingerprint density at radius 3 is 2.72 bits per heavy atom. The number of carbonyl (C=O) groups is 1. The number of carbonyl (C=O) groups excluding carboxylic acids is 1. The van der Waals surface area contributed by atoms with Crippen LogP contribution in [0.15, 0.2) is 70.9 Å². The Bertz CT molecular complexity index is 1120. The van der Waals surface area contributed by atoms with Gasteiger partial charge in [-0.2, -0.15) is 0 Å². The predicted molar refractivity (Wildman–Crippen MR) is 116 cm³/mol. The Hall–Kier alpha value is -2.76. The number of fused-ring (bicyclic) bond motifs is 1. The molecule has 146 valence electrons. The van der Waals surface area contributed by atoms with Crippen molar-refractivity contribution in [2.24, 2.45) is 0 Å². The van der Waals surface area contributed by atoms with E-state index in [0.29, 0.717) is 34.4 Å². The van der Waals surface area contributed by atoms with E-state index in [1.54, 1.807) is 31.4 Å². The molecule has 0 amide bonds. The number of methoxy groups -OCH3 is 1. The average Bonchev–Trinajstić information content (AvgIpc) is 3.02. The molecule has 0 saturated heterocycles. The number of halogens is 2. The fraction of sp³-hybridized carbons (Fsp3) is 0.0870. The highest BCUT2D eigenvalue weighted by Crippen LogP contribution is 2.36. The Morgan fingerprint density at radius 2 is 1.93 bits per heavy atom. The maximum Gasteiger partial charge on any atom is 0.231 e. The highest BCUT2D eigenvalue weighted by Gasteiger charge is 2.28. The van der Waals surface area contributed by atoms with Crippen LogP contribution in [0.2, 0.25) is 5.02 Å². The van der Waals surface area contributed by atoms with Crippen molar-refractivity contribution in [2.45, 2.75) is 6.61 Å². The summed E-state index contributed by atoms with van der Waals surface area (Å²) in [6, 6.07) is 18.2. The van der Waals surface area contributed by atoms with Gasteiger partial charge in [0.05, 0.1) is 12.7 Å². The van der Waals surface area contributed by atoms with Crippen LogP contribution >= 0.6 is 27.5 Å². The van der Waals surface area contributed by atoms with E-state index in [0.717, 1.165) is 15.6 Å². The van der Waals surface area contributed by atoms with Crippen molar-refractivity contribution in [1.82, 2.24) is 0 Å². The van der Waals surface area contributed by atoms with Gasteiger partial charge in [-0.15, -0.1) is 0 Å². The predicted octanol–water partition coefficient (Wildman–Crippen LogP) is 6.31. The summed E-state index contributed by atoms with van der Waals surface area (Å²) in [7, 11) is 1.58. The Kier molecular flexibility index (Phi) is 5.60. The van der Waals surface area contributed by atoms with Crippen LogP contribution in [0.3, 0.4) is 0 Å². The van der Waals surface area contributed by atoms with E-state index in [4.69, 9.17) is 25.8 Å². The zero-order chi connectivity index (χ0) is 20.4. The van der Waals surface area contributed by atoms with Crippen LogP contribution in [-0.4, -0.2) is 12.9 Å². The molecule has 0 saturated carbocycles. The second-order valence-electron chi connectivity index (χ2n) is 6.36. The van der Waals surface area contributed by atoms with Crippen molar-refractivity contribution in [3.63, 3.8) is 0 Å². The molecule has 0 unspecified atom stereocenters. The number of benzene rings is 3. The largest absolute Gasteiger partial charge is 0.496 e. The van der Waals surface area contributed by atoms with Crippen LogP contribution in [0.5, 0.6) is 17.2 Å². The molecule has 4 rings (SSSR count). The zero-order valence-electron chi connectivity index (χ0n) is 15.4. The first-order valence-corrected chi connectivity index (χ1v) is 10.0. The zero-order valence-corrected chi connectivity index (χ0v) is 17.8. The van der Waals surface area contributed by atoms with E-state index >= 15 is 0 Å². The third-order valence-corrected chi connectivity index (χ3v) is 5.33. The summed E-state index contributed by atoms with van der Waals surface area (Å²) in [6.07, 6.45) is 1.68. The quantitative estimate of drug-likeness (QED) is 0.409. The maximum absolute atomic E-state index is 12.7. The van der Waals surface area contributed by atoms with E-state index < -0.39 is 0 Å². The standard InChI is InChI=1S/C23H16BrClO4/c1-27-20-9-6-16(24)10-15(20)11-22-23(26)18-8-7-17(12-21(18)29-22)28-13-14-4-2-3-5-19(14)25/h2-12H,13H2,1H3. The van der Waals surface area contributed by atoms with Crippen molar-refractivity contribution in [2.75, 3.05) is 7.11 Å². The molecule has 0 bridgehead atoms. The van der Waals surface area contributed by atoms with Gasteiger partial charge < -0.3 is 14.2 Å². The second kappa shape index (κ2) is 8.31. The Morgan fingerprint density at radius 1 is 1.10 bits per heavy atom. The van der Waals surface area contributed by atoms with Gasteiger partial charge in [0.25, 0.3) is 0 Å². The van der Waals surface area contributed by atoms with Crippen molar-refractivity contribution >= 4 is 39.4 Å². The summed E-state index contributed by atoms with van der Waals surface area (Å²) >= 11 is 9.60. The molecule has 0 aromatic heterocycles. The molecule has 0 atom stereocenters. The molecule has 0 radical (unpaired) electrons. The number of ketones is 1. The van der Waals surface area contributed by atoms with Gasteiger partial charge in [-0.3, -0.25) is 4.79 Å². The van der Waals surface area contributed by atoms with Gasteiger partial charge in [0, 0.05) is 26.7 Å². The molecule has 4 nitrogen and oxygen atoms in total. The van der Waals surface area contributed by atoms with Crippen LogP contribution in [-0.2, 0) is 6.61 Å². The molecule has 6 heteroatoms. The minimum absolute atomic E-state index is 0.181. The number of Topliss-reactive ketones (excluding diaryl/α,β-unsaturated/α-hetero) is 1. The molecule has 1 heterocycles. The number of rotatable bonds is 5. The van der Waals surface area contributed by atoms with Gasteiger partial charge >= 0.3 is 0 Å². The van der Waals surface area contributed by atoms with E-state index in [1.807, 2.05) is 42.5 Å². The van der Waals surface area contributed by atoms with Gasteiger partial charge in [0.2, 0.25) is 5.78 Å². The van der Waals surface area contributed by atoms with Crippen molar-refractivity contribution < 1.29 is 19.0 Å². The summed E-state index contributed by atoms with van der Waals surface area (Å²) in [4.78, 5) is 12.7. The second-order valence-corrected chi connectivity index (χ2v) is 7.69. The van der Waals surface area contributed by atoms with Gasteiger partial charge in [0.15, 0.2) is 5.76 Å². The third kappa shape index (κ3) is 4.16. The molecular weight excluding hydrogens is 456 g/mol. The Labute approximate surface area is 181 Å². The van der Waals surface area contributed by atoms with Crippen LogP contribution in [0, 0.1) is 0 Å². The highest BCUT2D eigenvalue weighted by atomic mass is 79.9. The van der Waals surface area contributed by atoms with Gasteiger partial charge in [0.1, 0.15) is 23.9 Å². The van der Waals surface area contributed by atoms with Gasteiger partial charge in [-0.1, -0.05) is 45.7 Å². The summed E-state index contributed by atoms with van der Waals surface area (Å²) in [5.41, 5.74) is 2.12. The van der Waals surface area contributed by atoms with Gasteiger partial charge in [-0.05, 0) is 42.5 Å². The van der Waals surface area contributed by atoms with Crippen molar-refractivity contribution in [1.29, 1.82) is 0 Å². The lowest BCUT2D eigenvalue weighted by atomic mass is 10.1. The first kappa shape index (κ1) is 19.6. The molecule has 0 N–H and O–H groups in total. The smallest absolute Gasteiger partial charge is 0.231 e. The molecule has 29 heavy (non-hydrogen) atoms. The summed E-state index contributed by atoms with van der Waals surface area (Å²) in [5.74, 6) is 1.76. The molecule has 3 aromatic rings. The number of hydrogen-bond donors (Lipinski definition) is 0. The molecule has 1 aliphatic rings. The van der Waals surface area contributed by atoms with Crippen LogP contribution in [0.4, 0.5) is 0 Å². The molecule has 0 aliphatic carbocycles. The van der Waals surface area contributed by atoms with E-state index in [-0.39, 0.29) is 11.5 Å². The minimum Gasteiger partial charge on any atom is -0.496 e. The molecular formula is C23H16BrClO4. The minimum atomic E-state index is -0.181. The average molecular weight is 472 g/mol. The molecule has 3 aromatic carbocycles. The van der Waals surface area contributed by atoms with Crippen molar-refractivity contribution in [3.05, 3.63) is 92.6 Å². The lowest BCUT2D eigenvalue weighted by Gasteiger charge is -2.08. The number of ether oxygens (including phenoxy) is 3. The number of hydrogen-bond acceptors (Lipinski definition) is 4. The van der Waals surface area contributed by atoms with E-state index in [9.17, 15) is 4.79 Å². The van der Waals surface area contributed by atoms with Gasteiger partial charge in [-0.25, -0.2) is 0 Å². The first-order chi connectivity index (χ1) is 14.0. The molecule has 0 fully saturated rings. The monoisotopic (exact) mass is 470 g/mol. The highest BCUT2D eigenvalue weighted by molar-refractivity contribution is 9.10. The first-order valence-electron chi connectivity index (χ1n) is 8.83. The summed E-state index contributed by atoms with van der Waals surface area (Å²) < 4.78 is 17.9. The van der Waals surface area contributed by atoms with Crippen LogP contribution in [0.1, 0.15) is 21.5 Å². The van der Waals surface area contributed by atoms with E-state index in [2.05, 4.69) is 15.9 Å². The Balaban J connectivity index is 1.56. The third-order valence-electron chi connectivity index (χ3n) is 4.47. The summed E-state index contributed by atoms with van der Waals surface area (Å²) in [5, 5.41) is 0.647. The lowest BCUT2D eigenvalue weighted by Crippen LogP contribution is -1.99. The fourth-order valence-corrected chi connectivity index (χ4v) is 3.56. The molecule has 0 spiro atoms. The fourth-order valence-electron chi connectivity index (χ4n) is 2.99. The van der Waals surface area contributed by atoms with Crippen LogP contribution in [0.25, 0.3) is 6.08 Å². The van der Waals surface area contributed by atoms with E-state index in [1.165, 1.54) is 0 Å². The topological polar surface area (TPSA) is 44.8 Å². The SMILES string of the molecule is COc1ccc(Br)cc1C=C1Oc2cc(OCc3ccccc3Cl)ccc2C1=O.